The summed E-state index contributed by atoms with van der Waals surface area (Å²) >= 11 is 1.70. The molecule has 1 N–H and O–H groups in total. The van der Waals surface area contributed by atoms with Gasteiger partial charge in [-0.3, -0.25) is 0 Å². The third-order valence-corrected chi connectivity index (χ3v) is 4.25. The number of hydrogen-bond donors (Lipinski definition) is 1. The number of rotatable bonds is 3. The van der Waals surface area contributed by atoms with Crippen molar-refractivity contribution in [3.8, 4) is 0 Å². The van der Waals surface area contributed by atoms with E-state index in [0.29, 0.717) is 13.1 Å². The first kappa shape index (κ1) is 16.9. The van der Waals surface area contributed by atoms with Crippen LogP contribution in [0.5, 0.6) is 0 Å². The zero-order chi connectivity index (χ0) is 16.2. The summed E-state index contributed by atoms with van der Waals surface area (Å²) in [5, 5.41) is 2.41. The maximum absolute atomic E-state index is 12.9. The number of nitrogens with zero attached hydrogens (tertiary/aromatic N) is 1. The second-order valence-corrected chi connectivity index (χ2v) is 6.20. The number of urea groups is 1. The van der Waals surface area contributed by atoms with E-state index in [1.165, 1.54) is 17.0 Å². The molecule has 1 aromatic rings. The molecule has 122 valence electrons. The molecular weight excluding hydrogens is 320 g/mol. The van der Waals surface area contributed by atoms with Crippen LogP contribution in [0.2, 0.25) is 0 Å². The Labute approximate surface area is 130 Å². The first-order chi connectivity index (χ1) is 10.3. The van der Waals surface area contributed by atoms with Crippen molar-refractivity contribution in [3.05, 3.63) is 35.6 Å². The van der Waals surface area contributed by atoms with E-state index in [-0.39, 0.29) is 5.56 Å². The molecule has 1 heterocycles. The molecule has 1 atom stereocenters. The number of carbonyl (C=O) groups is 1. The second-order valence-electron chi connectivity index (χ2n) is 4.97. The van der Waals surface area contributed by atoms with Crippen LogP contribution in [-0.4, -0.2) is 41.7 Å². The Balaban J connectivity index is 2.10. The number of thioether (sulfide) groups is 1. The van der Waals surface area contributed by atoms with Gasteiger partial charge < -0.3 is 10.2 Å². The Kier molecular flexibility index (Phi) is 5.55. The van der Waals surface area contributed by atoms with Crippen LogP contribution in [0.4, 0.5) is 22.4 Å². The van der Waals surface area contributed by atoms with Crippen molar-refractivity contribution in [2.45, 2.75) is 18.6 Å². The first-order valence-corrected chi connectivity index (χ1v) is 7.96. The number of nitrogens with one attached hydrogen (secondary N) is 1. The van der Waals surface area contributed by atoms with Crippen molar-refractivity contribution in [1.82, 2.24) is 10.2 Å². The van der Waals surface area contributed by atoms with Gasteiger partial charge in [0.05, 0.1) is 12.5 Å². The van der Waals surface area contributed by atoms with Gasteiger partial charge in [0.2, 0.25) is 0 Å². The Morgan fingerprint density at radius 3 is 2.36 bits per heavy atom. The zero-order valence-corrected chi connectivity index (χ0v) is 12.5. The predicted octanol–water partition coefficient (Wildman–Crippen LogP) is 3.58. The molecule has 0 unspecified atom stereocenters. The van der Waals surface area contributed by atoms with Crippen molar-refractivity contribution >= 4 is 17.8 Å². The largest absolute Gasteiger partial charge is 0.391 e. The van der Waals surface area contributed by atoms with E-state index in [2.05, 4.69) is 5.32 Å². The summed E-state index contributed by atoms with van der Waals surface area (Å²) in [4.78, 5) is 13.6. The highest BCUT2D eigenvalue weighted by Crippen LogP contribution is 2.30. The molecule has 0 radical (unpaired) electrons. The van der Waals surface area contributed by atoms with Crippen LogP contribution >= 0.6 is 11.8 Å². The molecule has 1 aliphatic heterocycles. The van der Waals surface area contributed by atoms with Gasteiger partial charge in [0.15, 0.2) is 0 Å². The summed E-state index contributed by atoms with van der Waals surface area (Å²) in [5.41, 5.74) is 0.235. The Morgan fingerprint density at radius 1 is 1.23 bits per heavy atom. The smallest absolute Gasteiger partial charge is 0.331 e. The van der Waals surface area contributed by atoms with Gasteiger partial charge in [0.25, 0.3) is 0 Å². The minimum atomic E-state index is -4.43. The molecule has 1 fully saturated rings. The minimum Gasteiger partial charge on any atom is -0.331 e. The highest BCUT2D eigenvalue weighted by Gasteiger charge is 2.34. The summed E-state index contributed by atoms with van der Waals surface area (Å²) in [6.07, 6.45) is -5.61. The van der Waals surface area contributed by atoms with Crippen molar-refractivity contribution in [1.29, 1.82) is 0 Å². The predicted molar refractivity (Wildman–Crippen MR) is 77.2 cm³/mol. The standard InChI is InChI=1S/C14H16F4N2OS/c15-11-3-1-10(2-4-11)12(9-14(16,17)18)19-13(21)20-5-7-22-8-6-20/h1-4,12H,5-9H2,(H,19,21)/t12-/m0/s1. The molecule has 0 spiro atoms. The third kappa shape index (κ3) is 5.08. The molecule has 0 bridgehead atoms. The second kappa shape index (κ2) is 7.21. The number of carbonyl (C=O) groups excluding carboxylic acids is 1. The maximum Gasteiger partial charge on any atom is 0.391 e. The summed E-state index contributed by atoms with van der Waals surface area (Å²) in [5.74, 6) is 1.01. The van der Waals surface area contributed by atoms with E-state index in [9.17, 15) is 22.4 Å². The molecule has 0 aromatic heterocycles. The van der Waals surface area contributed by atoms with Crippen LogP contribution < -0.4 is 5.32 Å². The Morgan fingerprint density at radius 2 is 1.82 bits per heavy atom. The van der Waals surface area contributed by atoms with Gasteiger partial charge in [-0.05, 0) is 17.7 Å². The minimum absolute atomic E-state index is 0.235. The SMILES string of the molecule is O=C(N[C@@H](CC(F)(F)F)c1ccc(F)cc1)N1CCSCC1. The van der Waals surface area contributed by atoms with Crippen LogP contribution in [-0.2, 0) is 0 Å². The summed E-state index contributed by atoms with van der Waals surface area (Å²) in [6.45, 7) is 1.03. The molecule has 1 aliphatic rings. The van der Waals surface area contributed by atoms with Gasteiger partial charge in [-0.15, -0.1) is 0 Å². The van der Waals surface area contributed by atoms with E-state index < -0.39 is 30.5 Å². The normalized spacial score (nSPS) is 17.2. The van der Waals surface area contributed by atoms with Gasteiger partial charge >= 0.3 is 12.2 Å². The lowest BCUT2D eigenvalue weighted by molar-refractivity contribution is -0.139. The number of amides is 2. The van der Waals surface area contributed by atoms with Crippen LogP contribution in [0.15, 0.2) is 24.3 Å². The lowest BCUT2D eigenvalue weighted by atomic mass is 10.0. The monoisotopic (exact) mass is 336 g/mol. The van der Waals surface area contributed by atoms with Crippen LogP contribution in [0.3, 0.4) is 0 Å². The van der Waals surface area contributed by atoms with E-state index in [1.54, 1.807) is 11.8 Å². The van der Waals surface area contributed by atoms with Gasteiger partial charge in [0, 0.05) is 24.6 Å². The highest BCUT2D eigenvalue weighted by atomic mass is 32.2. The Bertz CT molecular complexity index is 501. The number of benzene rings is 1. The molecule has 0 aliphatic carbocycles. The number of hydrogen-bond acceptors (Lipinski definition) is 2. The van der Waals surface area contributed by atoms with Gasteiger partial charge in [-0.2, -0.15) is 24.9 Å². The molecule has 2 rings (SSSR count). The molecule has 8 heteroatoms. The van der Waals surface area contributed by atoms with Gasteiger partial charge in [-0.1, -0.05) is 12.1 Å². The van der Waals surface area contributed by atoms with Gasteiger partial charge in [-0.25, -0.2) is 9.18 Å². The quantitative estimate of drug-likeness (QED) is 0.856. The molecule has 2 amide bonds. The highest BCUT2D eigenvalue weighted by molar-refractivity contribution is 7.99. The topological polar surface area (TPSA) is 32.3 Å². The fourth-order valence-electron chi connectivity index (χ4n) is 2.19. The average Bonchev–Trinajstić information content (AvgIpc) is 2.47. The molecule has 3 nitrogen and oxygen atoms in total. The van der Waals surface area contributed by atoms with E-state index >= 15 is 0 Å². The zero-order valence-electron chi connectivity index (χ0n) is 11.7. The molecule has 22 heavy (non-hydrogen) atoms. The van der Waals surface area contributed by atoms with Gasteiger partial charge in [0.1, 0.15) is 5.82 Å². The molecular formula is C14H16F4N2OS. The van der Waals surface area contributed by atoms with E-state index in [1.807, 2.05) is 0 Å². The van der Waals surface area contributed by atoms with Crippen LogP contribution in [0.1, 0.15) is 18.0 Å². The first-order valence-electron chi connectivity index (χ1n) is 6.80. The summed E-state index contributed by atoms with van der Waals surface area (Å²) in [6, 6.07) is 2.96. The fourth-order valence-corrected chi connectivity index (χ4v) is 3.09. The van der Waals surface area contributed by atoms with Crippen molar-refractivity contribution in [2.24, 2.45) is 0 Å². The third-order valence-electron chi connectivity index (χ3n) is 3.30. The summed E-state index contributed by atoms with van der Waals surface area (Å²) in [7, 11) is 0. The van der Waals surface area contributed by atoms with Crippen LogP contribution in [0.25, 0.3) is 0 Å². The molecule has 1 aromatic carbocycles. The molecule has 0 saturated carbocycles. The van der Waals surface area contributed by atoms with Crippen molar-refractivity contribution in [3.63, 3.8) is 0 Å². The summed E-state index contributed by atoms with van der Waals surface area (Å²) < 4.78 is 51.1. The number of alkyl halides is 3. The lowest BCUT2D eigenvalue weighted by Crippen LogP contribution is -2.46. The van der Waals surface area contributed by atoms with Crippen molar-refractivity contribution in [2.75, 3.05) is 24.6 Å². The molecule has 1 saturated heterocycles. The Hall–Kier alpha value is -1.44. The average molecular weight is 336 g/mol. The maximum atomic E-state index is 12.9. The van der Waals surface area contributed by atoms with E-state index in [4.69, 9.17) is 0 Å². The van der Waals surface area contributed by atoms with E-state index in [0.717, 1.165) is 23.6 Å². The van der Waals surface area contributed by atoms with Crippen LogP contribution in [0, 0.1) is 5.82 Å². The lowest BCUT2D eigenvalue weighted by Gasteiger charge is -2.29. The van der Waals surface area contributed by atoms with Crippen molar-refractivity contribution < 1.29 is 22.4 Å². The fraction of sp³-hybridized carbons (Fsp3) is 0.500. The number of halogens is 4.